The maximum Gasteiger partial charge on any atom is 0.360 e. The largest absolute Gasteiger partial charge is 0.360 e. The first-order chi connectivity index (χ1) is 10.6. The number of aromatic nitrogens is 1. The lowest BCUT2D eigenvalue weighted by Gasteiger charge is -2.34. The second-order valence-corrected chi connectivity index (χ2v) is 9.74. The summed E-state index contributed by atoms with van der Waals surface area (Å²) in [4.78, 5) is 3.73. The number of halogens is 2. The fourth-order valence-electron chi connectivity index (χ4n) is 3.74. The van der Waals surface area contributed by atoms with E-state index in [4.69, 9.17) is 15.9 Å². The van der Waals surface area contributed by atoms with Crippen LogP contribution in [0.3, 0.4) is 0 Å². The number of hydrogen-bond acceptors (Lipinski definition) is 5. The second-order valence-electron chi connectivity index (χ2n) is 7.00. The van der Waals surface area contributed by atoms with Gasteiger partial charge in [-0.25, -0.2) is 4.98 Å². The fraction of sp³-hybridized carbons (Fsp3) is 0.600. The van der Waals surface area contributed by atoms with Crippen LogP contribution >= 0.6 is 27.5 Å². The van der Waals surface area contributed by atoms with Crippen molar-refractivity contribution in [1.29, 1.82) is 0 Å². The summed E-state index contributed by atoms with van der Waals surface area (Å²) >= 11 is 8.94. The standard InChI is InChI=1S/C15H18BrClN2O3S/c1-14(2)9-4-5-15(14,3)12(6-9)19-22-23(20,21)10-7-11(16)13(17)18-8-10/h7-9H,4-6H2,1-3H3/b19-12+. The highest BCUT2D eigenvalue weighted by Gasteiger charge is 2.60. The molecule has 2 saturated carbocycles. The Labute approximate surface area is 149 Å². The van der Waals surface area contributed by atoms with Crippen molar-refractivity contribution >= 4 is 43.4 Å². The van der Waals surface area contributed by atoms with Crippen molar-refractivity contribution in [3.05, 3.63) is 21.9 Å². The van der Waals surface area contributed by atoms with Crippen molar-refractivity contribution in [2.75, 3.05) is 0 Å². The van der Waals surface area contributed by atoms with Crippen molar-refractivity contribution in [2.45, 2.75) is 44.9 Å². The van der Waals surface area contributed by atoms with Gasteiger partial charge in [-0.05, 0) is 52.6 Å². The fourth-order valence-corrected chi connectivity index (χ4v) is 5.07. The Morgan fingerprint density at radius 2 is 2.13 bits per heavy atom. The van der Waals surface area contributed by atoms with E-state index in [1.54, 1.807) is 0 Å². The highest BCUT2D eigenvalue weighted by Crippen LogP contribution is 2.64. The Kier molecular flexibility index (Phi) is 4.05. The van der Waals surface area contributed by atoms with Gasteiger partial charge in [-0.3, -0.25) is 4.28 Å². The van der Waals surface area contributed by atoms with Gasteiger partial charge in [-0.15, -0.1) is 0 Å². The van der Waals surface area contributed by atoms with Gasteiger partial charge in [0.1, 0.15) is 10.0 Å². The number of nitrogens with zero attached hydrogens (tertiary/aromatic N) is 2. The molecule has 0 amide bonds. The molecule has 2 unspecified atom stereocenters. The molecule has 0 radical (unpaired) electrons. The molecule has 23 heavy (non-hydrogen) atoms. The Morgan fingerprint density at radius 1 is 1.43 bits per heavy atom. The van der Waals surface area contributed by atoms with E-state index >= 15 is 0 Å². The molecule has 0 N–H and O–H groups in total. The highest BCUT2D eigenvalue weighted by atomic mass is 79.9. The number of oxime groups is 1. The Bertz CT molecular complexity index is 794. The zero-order valence-electron chi connectivity index (χ0n) is 13.1. The van der Waals surface area contributed by atoms with Crippen LogP contribution in [0.25, 0.3) is 0 Å². The smallest absolute Gasteiger partial charge is 0.265 e. The molecule has 2 bridgehead atoms. The molecule has 0 aliphatic heterocycles. The zero-order valence-corrected chi connectivity index (χ0v) is 16.3. The summed E-state index contributed by atoms with van der Waals surface area (Å²) < 4.78 is 29.9. The number of hydrogen-bond donors (Lipinski definition) is 0. The summed E-state index contributed by atoms with van der Waals surface area (Å²) in [6.07, 6.45) is 4.13. The third-order valence-electron chi connectivity index (χ3n) is 5.82. The van der Waals surface area contributed by atoms with Gasteiger partial charge in [0.2, 0.25) is 0 Å². The van der Waals surface area contributed by atoms with Crippen molar-refractivity contribution < 1.29 is 12.7 Å². The van der Waals surface area contributed by atoms with E-state index in [9.17, 15) is 8.42 Å². The summed E-state index contributed by atoms with van der Waals surface area (Å²) in [5, 5.41) is 4.22. The van der Waals surface area contributed by atoms with Crippen molar-refractivity contribution in [2.24, 2.45) is 21.9 Å². The van der Waals surface area contributed by atoms with Crippen molar-refractivity contribution in [3.8, 4) is 0 Å². The van der Waals surface area contributed by atoms with Gasteiger partial charge in [0.25, 0.3) is 0 Å². The molecule has 1 heterocycles. The average Bonchev–Trinajstić information content (AvgIpc) is 2.81. The molecule has 2 fully saturated rings. The van der Waals surface area contributed by atoms with Crippen LogP contribution in [0.4, 0.5) is 0 Å². The molecule has 126 valence electrons. The maximum atomic E-state index is 12.3. The van der Waals surface area contributed by atoms with Crippen molar-refractivity contribution in [1.82, 2.24) is 4.98 Å². The third kappa shape index (κ3) is 2.61. The second kappa shape index (κ2) is 5.43. The Morgan fingerprint density at radius 3 is 2.65 bits per heavy atom. The van der Waals surface area contributed by atoms with Crippen LogP contribution in [-0.2, 0) is 14.4 Å². The summed E-state index contributed by atoms with van der Waals surface area (Å²) in [6.45, 7) is 6.60. The molecule has 1 aromatic rings. The molecule has 2 aliphatic rings. The van der Waals surface area contributed by atoms with Gasteiger partial charge >= 0.3 is 10.1 Å². The van der Waals surface area contributed by atoms with Gasteiger partial charge < -0.3 is 0 Å². The molecular weight excluding hydrogens is 404 g/mol. The summed E-state index contributed by atoms with van der Waals surface area (Å²) in [5.41, 5.74) is 0.846. The molecule has 0 aromatic carbocycles. The van der Waals surface area contributed by atoms with E-state index in [-0.39, 0.29) is 20.9 Å². The van der Waals surface area contributed by atoms with Crippen LogP contribution < -0.4 is 0 Å². The predicted molar refractivity (Wildman–Crippen MR) is 91.9 cm³/mol. The average molecular weight is 422 g/mol. The molecular formula is C15H18BrClN2O3S. The molecule has 5 nitrogen and oxygen atoms in total. The first-order valence-corrected chi connectivity index (χ1v) is 9.98. The van der Waals surface area contributed by atoms with Crippen LogP contribution in [0, 0.1) is 16.7 Å². The van der Waals surface area contributed by atoms with Gasteiger partial charge in [-0.1, -0.05) is 37.5 Å². The quantitative estimate of drug-likeness (QED) is 0.535. The molecule has 8 heteroatoms. The lowest BCUT2D eigenvalue weighted by atomic mass is 9.70. The molecule has 0 spiro atoms. The van der Waals surface area contributed by atoms with Crippen LogP contribution in [0.1, 0.15) is 40.0 Å². The predicted octanol–water partition coefficient (Wildman–Crippen LogP) is 4.41. The Balaban J connectivity index is 1.87. The van der Waals surface area contributed by atoms with Gasteiger partial charge in [0.15, 0.2) is 0 Å². The first kappa shape index (κ1) is 17.2. The number of fused-ring (bicyclic) bond motifs is 2. The van der Waals surface area contributed by atoms with Crippen LogP contribution in [0.5, 0.6) is 0 Å². The van der Waals surface area contributed by atoms with Crippen LogP contribution in [0.2, 0.25) is 5.15 Å². The summed E-state index contributed by atoms with van der Waals surface area (Å²) in [7, 11) is -4.01. The maximum absolute atomic E-state index is 12.3. The third-order valence-corrected chi connectivity index (χ3v) is 8.02. The van der Waals surface area contributed by atoms with Gasteiger partial charge in [0, 0.05) is 5.41 Å². The van der Waals surface area contributed by atoms with E-state index in [1.165, 1.54) is 6.07 Å². The topological polar surface area (TPSA) is 68.6 Å². The summed E-state index contributed by atoms with van der Waals surface area (Å²) in [5.74, 6) is 0.531. The van der Waals surface area contributed by atoms with E-state index in [1.807, 2.05) is 0 Å². The van der Waals surface area contributed by atoms with Gasteiger partial charge in [0.05, 0.1) is 16.4 Å². The SMILES string of the molecule is CC12CCC(C/C1=N\OS(=O)(=O)c1cnc(Cl)c(Br)c1)C2(C)C. The number of rotatable bonds is 3. The highest BCUT2D eigenvalue weighted by molar-refractivity contribution is 9.10. The van der Waals surface area contributed by atoms with Gasteiger partial charge in [-0.2, -0.15) is 8.42 Å². The van der Waals surface area contributed by atoms with Crippen molar-refractivity contribution in [3.63, 3.8) is 0 Å². The molecule has 3 rings (SSSR count). The molecule has 0 saturated heterocycles. The van der Waals surface area contributed by atoms with Crippen LogP contribution in [-0.4, -0.2) is 19.1 Å². The number of pyridine rings is 1. The Hall–Kier alpha value is -0.660. The van der Waals surface area contributed by atoms with Crippen LogP contribution in [0.15, 0.2) is 26.8 Å². The minimum Gasteiger partial charge on any atom is -0.265 e. The van der Waals surface area contributed by atoms with E-state index in [0.29, 0.717) is 10.4 Å². The molecule has 2 atom stereocenters. The van der Waals surface area contributed by atoms with E-state index in [2.05, 4.69) is 46.8 Å². The first-order valence-electron chi connectivity index (χ1n) is 7.40. The normalized spacial score (nSPS) is 30.8. The molecule has 2 aliphatic carbocycles. The summed E-state index contributed by atoms with van der Waals surface area (Å²) in [6, 6.07) is 1.36. The van der Waals surface area contributed by atoms with E-state index < -0.39 is 10.1 Å². The lowest BCUT2D eigenvalue weighted by molar-refractivity contribution is 0.191. The zero-order chi connectivity index (χ0) is 17.0. The minimum absolute atomic E-state index is 0.0781. The lowest BCUT2D eigenvalue weighted by Crippen LogP contribution is -2.32. The monoisotopic (exact) mass is 420 g/mol. The van der Waals surface area contributed by atoms with E-state index in [0.717, 1.165) is 31.2 Å². The minimum atomic E-state index is -4.01. The molecule has 1 aromatic heterocycles.